The van der Waals surface area contributed by atoms with Crippen LogP contribution in [0.3, 0.4) is 0 Å². The van der Waals surface area contributed by atoms with Crippen LogP contribution in [0, 0.1) is 5.92 Å². The van der Waals surface area contributed by atoms with E-state index in [1.807, 2.05) is 27.7 Å². The molecule has 5 nitrogen and oxygen atoms in total. The number of rotatable bonds is 6. The Morgan fingerprint density at radius 3 is 2.32 bits per heavy atom. The summed E-state index contributed by atoms with van der Waals surface area (Å²) < 4.78 is 5.27. The third-order valence-electron chi connectivity index (χ3n) is 3.69. The molecule has 5 heteroatoms. The van der Waals surface area contributed by atoms with E-state index < -0.39 is 5.60 Å². The van der Waals surface area contributed by atoms with Gasteiger partial charge in [-0.15, -0.1) is 0 Å². The average molecular weight is 313 g/mol. The lowest BCUT2D eigenvalue weighted by Crippen LogP contribution is -2.48. The normalized spacial score (nSPS) is 19.2. The molecule has 130 valence electrons. The fraction of sp³-hybridized carbons (Fsp3) is 0.941. The molecule has 1 atom stereocenters. The van der Waals surface area contributed by atoms with E-state index in [1.54, 1.807) is 0 Å². The smallest absolute Gasteiger partial charge is 0.407 e. The van der Waals surface area contributed by atoms with Crippen LogP contribution in [-0.2, 0) is 4.74 Å². The molecule has 1 heterocycles. The SMILES string of the molecule is CC(C)CN1CCC(NCC(C)NC(=O)OC(C)(C)C)CC1. The summed E-state index contributed by atoms with van der Waals surface area (Å²) in [6, 6.07) is 0.634. The maximum absolute atomic E-state index is 11.7. The second-order valence-corrected chi connectivity index (χ2v) is 7.92. The summed E-state index contributed by atoms with van der Waals surface area (Å²) in [4.78, 5) is 14.2. The van der Waals surface area contributed by atoms with Crippen LogP contribution >= 0.6 is 0 Å². The summed E-state index contributed by atoms with van der Waals surface area (Å²) in [7, 11) is 0. The van der Waals surface area contributed by atoms with Gasteiger partial charge in [0, 0.05) is 25.2 Å². The molecule has 0 aromatic carbocycles. The number of amides is 1. The number of likely N-dealkylation sites (tertiary alicyclic amines) is 1. The van der Waals surface area contributed by atoms with Crippen LogP contribution in [0.2, 0.25) is 0 Å². The molecule has 1 fully saturated rings. The molecular formula is C17H35N3O2. The highest BCUT2D eigenvalue weighted by Gasteiger charge is 2.21. The Morgan fingerprint density at radius 2 is 1.82 bits per heavy atom. The standard InChI is InChI=1S/C17H35N3O2/c1-13(2)12-20-9-7-15(8-10-20)18-11-14(3)19-16(21)22-17(4,5)6/h13-15,18H,7-12H2,1-6H3,(H,19,21). The first-order valence-corrected chi connectivity index (χ1v) is 8.61. The van der Waals surface area contributed by atoms with Gasteiger partial charge in [-0.05, 0) is 59.5 Å². The third-order valence-corrected chi connectivity index (χ3v) is 3.69. The van der Waals surface area contributed by atoms with Crippen LogP contribution in [0.25, 0.3) is 0 Å². The summed E-state index contributed by atoms with van der Waals surface area (Å²) in [5.41, 5.74) is -0.444. The molecule has 0 aromatic rings. The number of nitrogens with one attached hydrogen (secondary N) is 2. The van der Waals surface area contributed by atoms with E-state index in [2.05, 4.69) is 29.4 Å². The summed E-state index contributed by atoms with van der Waals surface area (Å²) in [6.07, 6.45) is 2.03. The number of nitrogens with zero attached hydrogens (tertiary/aromatic N) is 1. The lowest BCUT2D eigenvalue weighted by Gasteiger charge is -2.34. The highest BCUT2D eigenvalue weighted by molar-refractivity contribution is 5.68. The zero-order valence-electron chi connectivity index (χ0n) is 15.2. The number of piperidine rings is 1. The Hall–Kier alpha value is -0.810. The fourth-order valence-electron chi connectivity index (χ4n) is 2.74. The summed E-state index contributed by atoms with van der Waals surface area (Å²) in [6.45, 7) is 16.5. The van der Waals surface area contributed by atoms with Crippen molar-refractivity contribution in [2.75, 3.05) is 26.2 Å². The minimum Gasteiger partial charge on any atom is -0.444 e. The number of ether oxygens (including phenoxy) is 1. The molecule has 1 amide bonds. The quantitative estimate of drug-likeness (QED) is 0.791. The lowest BCUT2D eigenvalue weighted by molar-refractivity contribution is 0.0506. The first-order chi connectivity index (χ1) is 10.2. The highest BCUT2D eigenvalue weighted by atomic mass is 16.6. The molecule has 1 rings (SSSR count). The Bertz CT molecular complexity index is 331. The van der Waals surface area contributed by atoms with Gasteiger partial charge in [0.05, 0.1) is 0 Å². The monoisotopic (exact) mass is 313 g/mol. The van der Waals surface area contributed by atoms with Crippen LogP contribution in [-0.4, -0.2) is 54.9 Å². The van der Waals surface area contributed by atoms with Crippen LogP contribution < -0.4 is 10.6 Å². The maximum atomic E-state index is 11.7. The minimum atomic E-state index is -0.444. The van der Waals surface area contributed by atoms with Crippen molar-refractivity contribution in [2.45, 2.75) is 72.1 Å². The molecule has 22 heavy (non-hydrogen) atoms. The van der Waals surface area contributed by atoms with E-state index in [4.69, 9.17) is 4.74 Å². The molecule has 1 aliphatic rings. The van der Waals surface area contributed by atoms with Gasteiger partial charge < -0.3 is 20.3 Å². The summed E-state index contributed by atoms with van der Waals surface area (Å²) >= 11 is 0. The summed E-state index contributed by atoms with van der Waals surface area (Å²) in [5.74, 6) is 0.738. The van der Waals surface area contributed by atoms with Gasteiger partial charge in [-0.2, -0.15) is 0 Å². The third kappa shape index (κ3) is 8.59. The molecule has 0 aromatic heterocycles. The lowest BCUT2D eigenvalue weighted by atomic mass is 10.0. The van der Waals surface area contributed by atoms with Gasteiger partial charge in [-0.3, -0.25) is 0 Å². The number of carbonyl (C=O) groups excluding carboxylic acids is 1. The van der Waals surface area contributed by atoms with Crippen LogP contribution in [0.1, 0.15) is 54.4 Å². The van der Waals surface area contributed by atoms with Crippen molar-refractivity contribution < 1.29 is 9.53 Å². The molecule has 0 radical (unpaired) electrons. The Balaban J connectivity index is 2.17. The van der Waals surface area contributed by atoms with E-state index in [1.165, 1.54) is 32.5 Å². The molecule has 0 spiro atoms. The Kier molecular flexibility index (Phi) is 7.63. The number of hydrogen-bond acceptors (Lipinski definition) is 4. The largest absolute Gasteiger partial charge is 0.444 e. The summed E-state index contributed by atoms with van der Waals surface area (Å²) in [5, 5.41) is 6.44. The Labute approximate surface area is 136 Å². The van der Waals surface area contributed by atoms with E-state index >= 15 is 0 Å². The minimum absolute atomic E-state index is 0.0727. The molecule has 1 saturated heterocycles. The van der Waals surface area contributed by atoms with Gasteiger partial charge in [0.15, 0.2) is 0 Å². The average Bonchev–Trinajstić information content (AvgIpc) is 2.34. The number of carbonyl (C=O) groups is 1. The topological polar surface area (TPSA) is 53.6 Å². The van der Waals surface area contributed by atoms with Crippen LogP contribution in [0.5, 0.6) is 0 Å². The van der Waals surface area contributed by atoms with Gasteiger partial charge in [-0.1, -0.05) is 13.8 Å². The van der Waals surface area contributed by atoms with Gasteiger partial charge >= 0.3 is 6.09 Å². The van der Waals surface area contributed by atoms with Crippen molar-refractivity contribution in [3.63, 3.8) is 0 Å². The Morgan fingerprint density at radius 1 is 1.23 bits per heavy atom. The van der Waals surface area contributed by atoms with Crippen LogP contribution in [0.15, 0.2) is 0 Å². The van der Waals surface area contributed by atoms with Crippen LogP contribution in [0.4, 0.5) is 4.79 Å². The first kappa shape index (κ1) is 19.2. The molecule has 0 bridgehead atoms. The molecule has 0 saturated carbocycles. The maximum Gasteiger partial charge on any atom is 0.407 e. The molecule has 0 aliphatic carbocycles. The molecule has 1 unspecified atom stereocenters. The second kappa shape index (κ2) is 8.73. The predicted octanol–water partition coefficient (Wildman–Crippen LogP) is 2.61. The van der Waals surface area contributed by atoms with Gasteiger partial charge in [0.2, 0.25) is 0 Å². The van der Waals surface area contributed by atoms with E-state index in [-0.39, 0.29) is 12.1 Å². The van der Waals surface area contributed by atoms with Gasteiger partial charge in [-0.25, -0.2) is 4.79 Å². The van der Waals surface area contributed by atoms with E-state index in [0.29, 0.717) is 6.04 Å². The van der Waals surface area contributed by atoms with Crippen molar-refractivity contribution in [1.82, 2.24) is 15.5 Å². The highest BCUT2D eigenvalue weighted by Crippen LogP contribution is 2.12. The molecular weight excluding hydrogens is 278 g/mol. The zero-order valence-corrected chi connectivity index (χ0v) is 15.2. The predicted molar refractivity (Wildman–Crippen MR) is 91.1 cm³/mol. The van der Waals surface area contributed by atoms with Crippen molar-refractivity contribution >= 4 is 6.09 Å². The second-order valence-electron chi connectivity index (χ2n) is 7.92. The van der Waals surface area contributed by atoms with Crippen molar-refractivity contribution in [3.8, 4) is 0 Å². The van der Waals surface area contributed by atoms with Crippen molar-refractivity contribution in [1.29, 1.82) is 0 Å². The fourth-order valence-corrected chi connectivity index (χ4v) is 2.74. The number of hydrogen-bond donors (Lipinski definition) is 2. The first-order valence-electron chi connectivity index (χ1n) is 8.61. The molecule has 1 aliphatic heterocycles. The van der Waals surface area contributed by atoms with Gasteiger partial charge in [0.1, 0.15) is 5.60 Å². The van der Waals surface area contributed by atoms with Crippen molar-refractivity contribution in [2.24, 2.45) is 5.92 Å². The molecule has 2 N–H and O–H groups in total. The number of alkyl carbamates (subject to hydrolysis) is 1. The van der Waals surface area contributed by atoms with Crippen molar-refractivity contribution in [3.05, 3.63) is 0 Å². The van der Waals surface area contributed by atoms with E-state index in [9.17, 15) is 4.79 Å². The van der Waals surface area contributed by atoms with E-state index in [0.717, 1.165) is 12.5 Å². The van der Waals surface area contributed by atoms with Gasteiger partial charge in [0.25, 0.3) is 0 Å². The zero-order chi connectivity index (χ0) is 16.8.